The average Bonchev–Trinajstić information content (AvgIpc) is 2.14. The Balaban J connectivity index is 0.994. The first-order valence-electron chi connectivity index (χ1n) is 28.4. The lowest BCUT2D eigenvalue weighted by molar-refractivity contribution is 1.07. The van der Waals surface area contributed by atoms with Gasteiger partial charge >= 0.3 is 0 Å². The van der Waals surface area contributed by atoms with E-state index in [2.05, 4.69) is 219 Å². The number of rotatable bonds is 10. The molecule has 0 aliphatic carbocycles. The van der Waals surface area contributed by atoms with Crippen LogP contribution < -0.4 is 0 Å². The Morgan fingerprint density at radius 1 is 0.214 bits per heavy atom. The van der Waals surface area contributed by atoms with Gasteiger partial charge in [0.15, 0.2) is 34.9 Å². The van der Waals surface area contributed by atoms with Crippen LogP contribution >= 0.6 is 0 Å². The number of fused-ring (bicyclic) bond motifs is 6. The first-order chi connectivity index (χ1) is 41.2. The van der Waals surface area contributed by atoms with Crippen LogP contribution in [-0.2, 0) is 0 Å². The maximum atomic E-state index is 5.25. The lowest BCUT2D eigenvalue weighted by Crippen LogP contribution is -2.02. The van der Waals surface area contributed by atoms with Gasteiger partial charge < -0.3 is 9.13 Å². The third kappa shape index (κ3) is 8.98. The van der Waals surface area contributed by atoms with Gasteiger partial charge in [0, 0.05) is 66.1 Å². The quantitative estimate of drug-likeness (QED) is 0.136. The van der Waals surface area contributed by atoms with Crippen LogP contribution in [0, 0.1) is 27.7 Å². The van der Waals surface area contributed by atoms with E-state index in [1.165, 1.54) is 43.8 Å². The summed E-state index contributed by atoms with van der Waals surface area (Å²) in [6, 6.07) is 90.1. The number of hydrogen-bond donors (Lipinski definition) is 0. The summed E-state index contributed by atoms with van der Waals surface area (Å²) >= 11 is 0. The maximum absolute atomic E-state index is 5.25. The van der Waals surface area contributed by atoms with E-state index in [1.807, 2.05) is 72.8 Å². The Hall–Kier alpha value is -11.0. The third-order valence-electron chi connectivity index (χ3n) is 16.0. The van der Waals surface area contributed by atoms with E-state index in [9.17, 15) is 0 Å². The second-order valence-corrected chi connectivity index (χ2v) is 21.9. The zero-order valence-electron chi connectivity index (χ0n) is 46.8. The molecule has 0 bridgehead atoms. The van der Waals surface area contributed by atoms with Crippen LogP contribution in [0.5, 0.6) is 0 Å². The summed E-state index contributed by atoms with van der Waals surface area (Å²) in [5.41, 5.74) is 20.8. The fourth-order valence-electron chi connectivity index (χ4n) is 12.0. The summed E-state index contributed by atoms with van der Waals surface area (Å²) in [5.74, 6) is 3.57. The molecule has 0 saturated heterocycles. The van der Waals surface area contributed by atoms with Crippen LogP contribution in [0.15, 0.2) is 255 Å². The fourth-order valence-corrected chi connectivity index (χ4v) is 12.0. The van der Waals surface area contributed by atoms with Crippen molar-refractivity contribution in [1.29, 1.82) is 0 Å². The molecule has 0 atom stereocenters. The van der Waals surface area contributed by atoms with E-state index in [0.29, 0.717) is 34.9 Å². The monoisotopic (exact) mass is 1080 g/mol. The number of nitrogens with zero attached hydrogens (tertiary/aromatic N) is 8. The van der Waals surface area contributed by atoms with E-state index in [0.717, 1.165) is 89.1 Å². The molecule has 4 heterocycles. The molecule has 0 spiro atoms. The Labute approximate surface area is 486 Å². The van der Waals surface area contributed by atoms with E-state index < -0.39 is 0 Å². The Morgan fingerprint density at radius 2 is 0.476 bits per heavy atom. The van der Waals surface area contributed by atoms with E-state index >= 15 is 0 Å². The molecular formula is C76H54N8. The molecule has 4 aromatic heterocycles. The molecule has 84 heavy (non-hydrogen) atoms. The highest BCUT2D eigenvalue weighted by molar-refractivity contribution is 6.12. The van der Waals surface area contributed by atoms with Crippen molar-refractivity contribution in [2.45, 2.75) is 27.7 Å². The molecule has 398 valence electrons. The van der Waals surface area contributed by atoms with Crippen molar-refractivity contribution >= 4 is 43.6 Å². The molecule has 15 rings (SSSR count). The summed E-state index contributed by atoms with van der Waals surface area (Å²) in [5, 5.41) is 4.82. The van der Waals surface area contributed by atoms with Gasteiger partial charge in [-0.3, -0.25) is 0 Å². The first kappa shape index (κ1) is 50.0. The molecule has 0 saturated carbocycles. The van der Waals surface area contributed by atoms with Gasteiger partial charge in [-0.1, -0.05) is 186 Å². The molecular weight excluding hydrogens is 1020 g/mol. The predicted molar refractivity (Wildman–Crippen MR) is 344 cm³/mol. The molecule has 0 N–H and O–H groups in total. The minimum Gasteiger partial charge on any atom is -0.309 e. The SMILES string of the molecule is Cc1ccc2c(c1)c1cc(C)ccc1n2-c1ccc(-c2nc(-c3ccccc3)nc(-c3ccccc3)n2)cc1-c1cccc(-c2cc(-c3nc(-c4ccccc4)nc(-c4ccccc4)n3)ccc2-n2c3ccc(C)cc3c3cc(C)ccc32)c1. The van der Waals surface area contributed by atoms with Crippen LogP contribution in [0.1, 0.15) is 22.3 Å². The summed E-state index contributed by atoms with van der Waals surface area (Å²) in [6.45, 7) is 8.68. The van der Waals surface area contributed by atoms with Crippen molar-refractivity contribution in [2.24, 2.45) is 0 Å². The minimum absolute atomic E-state index is 0.578. The number of aryl methyl sites for hydroxylation is 4. The Kier molecular flexibility index (Phi) is 12.2. The Bertz CT molecular complexity index is 4500. The molecule has 11 aromatic carbocycles. The van der Waals surface area contributed by atoms with Gasteiger partial charge in [0.25, 0.3) is 0 Å². The first-order valence-corrected chi connectivity index (χ1v) is 28.4. The Morgan fingerprint density at radius 3 is 0.762 bits per heavy atom. The molecule has 0 aliphatic rings. The van der Waals surface area contributed by atoms with Crippen molar-refractivity contribution < 1.29 is 0 Å². The van der Waals surface area contributed by atoms with Gasteiger partial charge in [-0.25, -0.2) is 29.9 Å². The highest BCUT2D eigenvalue weighted by atomic mass is 15.0. The van der Waals surface area contributed by atoms with Crippen LogP contribution in [0.25, 0.3) is 146 Å². The zero-order valence-corrected chi connectivity index (χ0v) is 46.8. The fraction of sp³-hybridized carbons (Fsp3) is 0.0526. The van der Waals surface area contributed by atoms with Crippen LogP contribution in [-0.4, -0.2) is 39.0 Å². The van der Waals surface area contributed by atoms with E-state index in [-0.39, 0.29) is 0 Å². The van der Waals surface area contributed by atoms with Crippen LogP contribution in [0.3, 0.4) is 0 Å². The van der Waals surface area contributed by atoms with Crippen molar-refractivity contribution in [1.82, 2.24) is 39.0 Å². The van der Waals surface area contributed by atoms with Gasteiger partial charge in [0.2, 0.25) is 0 Å². The highest BCUT2D eigenvalue weighted by Crippen LogP contribution is 2.43. The standard InChI is InChI=1S/C76H54N8/c1-47-28-34-67-61(40-47)62-41-48(2)29-35-68(62)83(67)65-38-32-57(75-79-71(51-18-9-5-10-19-51)77-72(80-75)52-20-11-6-12-21-52)45-59(65)55-26-17-27-56(44-55)60-46-58(76-81-73(53-22-13-7-14-23-53)78-74(82-76)54-24-15-8-16-25-54)33-39-66(60)84-69-36-30-49(3)42-63(69)64-43-50(4)31-37-70(64)84/h5-46H,1-4H3. The van der Waals surface area contributed by atoms with Gasteiger partial charge in [-0.15, -0.1) is 0 Å². The van der Waals surface area contributed by atoms with Gasteiger partial charge in [0.05, 0.1) is 33.4 Å². The predicted octanol–water partition coefficient (Wildman–Crippen LogP) is 18.8. The number of benzene rings is 11. The molecule has 0 radical (unpaired) electrons. The largest absolute Gasteiger partial charge is 0.309 e. The molecule has 15 aromatic rings. The summed E-state index contributed by atoms with van der Waals surface area (Å²) in [6.07, 6.45) is 0. The van der Waals surface area contributed by atoms with Crippen molar-refractivity contribution in [3.8, 4) is 102 Å². The van der Waals surface area contributed by atoms with E-state index in [1.54, 1.807) is 0 Å². The second-order valence-electron chi connectivity index (χ2n) is 21.9. The minimum atomic E-state index is 0.578. The smallest absolute Gasteiger partial charge is 0.164 e. The molecule has 0 unspecified atom stereocenters. The summed E-state index contributed by atoms with van der Waals surface area (Å²) in [4.78, 5) is 31.2. The highest BCUT2D eigenvalue weighted by Gasteiger charge is 2.23. The summed E-state index contributed by atoms with van der Waals surface area (Å²) in [7, 11) is 0. The van der Waals surface area contributed by atoms with Gasteiger partial charge in [0.1, 0.15) is 0 Å². The van der Waals surface area contributed by atoms with E-state index in [4.69, 9.17) is 29.9 Å². The van der Waals surface area contributed by atoms with Gasteiger partial charge in [-0.05, 0) is 130 Å². The van der Waals surface area contributed by atoms with Crippen molar-refractivity contribution in [3.05, 3.63) is 277 Å². The van der Waals surface area contributed by atoms with Crippen molar-refractivity contribution in [3.63, 3.8) is 0 Å². The molecule has 8 heteroatoms. The third-order valence-corrected chi connectivity index (χ3v) is 16.0. The van der Waals surface area contributed by atoms with Crippen molar-refractivity contribution in [2.75, 3.05) is 0 Å². The number of hydrogen-bond acceptors (Lipinski definition) is 6. The molecule has 8 nitrogen and oxygen atoms in total. The number of aromatic nitrogens is 8. The van der Waals surface area contributed by atoms with Crippen LogP contribution in [0.4, 0.5) is 0 Å². The second kappa shape index (κ2) is 20.5. The topological polar surface area (TPSA) is 87.2 Å². The lowest BCUT2D eigenvalue weighted by atomic mass is 9.94. The average molecular weight is 1080 g/mol. The molecule has 0 aliphatic heterocycles. The maximum Gasteiger partial charge on any atom is 0.164 e. The zero-order chi connectivity index (χ0) is 56.4. The van der Waals surface area contributed by atoms with Gasteiger partial charge in [-0.2, -0.15) is 0 Å². The molecule has 0 fully saturated rings. The summed E-state index contributed by atoms with van der Waals surface area (Å²) < 4.78 is 4.86. The lowest BCUT2D eigenvalue weighted by Gasteiger charge is -2.19. The normalized spacial score (nSPS) is 11.6. The molecule has 0 amide bonds. The van der Waals surface area contributed by atoms with Crippen LogP contribution in [0.2, 0.25) is 0 Å².